The van der Waals surface area contributed by atoms with Crippen LogP contribution in [0.5, 0.6) is 0 Å². The topological polar surface area (TPSA) is 37.4 Å². The fourth-order valence-electron chi connectivity index (χ4n) is 3.11. The summed E-state index contributed by atoms with van der Waals surface area (Å²) in [6.45, 7) is 4.16. The summed E-state index contributed by atoms with van der Waals surface area (Å²) in [5, 5.41) is 0. The lowest BCUT2D eigenvalue weighted by atomic mass is 9.75. The van der Waals surface area contributed by atoms with Gasteiger partial charge < -0.3 is 9.61 Å². The maximum Gasteiger partial charge on any atom is 0.294 e. The maximum absolute atomic E-state index is 11.6. The minimum Gasteiger partial charge on any atom is -0.329 e. The van der Waals surface area contributed by atoms with Gasteiger partial charge in [-0.25, -0.2) is 0 Å². The highest BCUT2D eigenvalue weighted by molar-refractivity contribution is 6.64. The summed E-state index contributed by atoms with van der Waals surface area (Å²) in [4.78, 5) is 24.2. The minimum atomic E-state index is -0.106. The molecule has 75 valence electrons. The highest BCUT2D eigenvalue weighted by Gasteiger charge is 2.54. The highest BCUT2D eigenvalue weighted by atomic mass is 16.1. The molecule has 0 saturated carbocycles. The molecule has 2 fully saturated rings. The van der Waals surface area contributed by atoms with Gasteiger partial charge in [0, 0.05) is 23.9 Å². The van der Waals surface area contributed by atoms with Crippen molar-refractivity contribution < 1.29 is 9.59 Å². The van der Waals surface area contributed by atoms with Crippen molar-refractivity contribution in [2.75, 3.05) is 0 Å². The molecule has 14 heavy (non-hydrogen) atoms. The average Bonchev–Trinajstić information content (AvgIpc) is 2.26. The normalized spacial score (nSPS) is 42.6. The van der Waals surface area contributed by atoms with E-state index in [1.807, 2.05) is 0 Å². The number of carbonyl (C=O) groups excluding carboxylic acids is 2. The van der Waals surface area contributed by atoms with Crippen molar-refractivity contribution in [1.82, 2.24) is 4.81 Å². The van der Waals surface area contributed by atoms with Crippen LogP contribution in [0.25, 0.3) is 0 Å². The van der Waals surface area contributed by atoms with Crippen molar-refractivity contribution in [2.45, 2.75) is 50.6 Å². The molecule has 2 rings (SSSR count). The molecule has 0 aliphatic carbocycles. The maximum atomic E-state index is 11.6. The van der Waals surface area contributed by atoms with Gasteiger partial charge in [0.1, 0.15) is 5.78 Å². The van der Waals surface area contributed by atoms with Crippen molar-refractivity contribution in [2.24, 2.45) is 0 Å². The Kier molecular flexibility index (Phi) is 2.07. The largest absolute Gasteiger partial charge is 0.329 e. The van der Waals surface area contributed by atoms with Gasteiger partial charge in [0.25, 0.3) is 7.41 Å². The third-order valence-electron chi connectivity index (χ3n) is 3.73. The average molecular weight is 192 g/mol. The van der Waals surface area contributed by atoms with E-state index in [0.717, 1.165) is 19.0 Å². The van der Waals surface area contributed by atoms with Gasteiger partial charge >= 0.3 is 0 Å². The van der Waals surface area contributed by atoms with Gasteiger partial charge in [0.15, 0.2) is 0 Å². The number of fused-ring (bicyclic) bond motifs is 2. The van der Waals surface area contributed by atoms with Crippen LogP contribution in [0, 0.1) is 0 Å². The van der Waals surface area contributed by atoms with Crippen molar-refractivity contribution in [3.63, 3.8) is 0 Å². The number of Topliss-reactive ketones (excluding diaryl/α,β-unsaturated/α-hetero) is 1. The van der Waals surface area contributed by atoms with E-state index in [1.54, 1.807) is 7.41 Å². The Morgan fingerprint density at radius 2 is 1.79 bits per heavy atom. The zero-order chi connectivity index (χ0) is 10.4. The smallest absolute Gasteiger partial charge is 0.294 e. The van der Waals surface area contributed by atoms with Crippen LogP contribution >= 0.6 is 0 Å². The standard InChI is InChI=1S/C10H15BNO2/c1-9-3-4-10(2,6-8(14)5-9)12(9)11-7-13/h7H,3-6H2,1-2H3. The molecule has 0 N–H and O–H groups in total. The molecule has 0 aromatic rings. The summed E-state index contributed by atoms with van der Waals surface area (Å²) in [6.07, 6.45) is 4.04. The van der Waals surface area contributed by atoms with Crippen LogP contribution < -0.4 is 0 Å². The third kappa shape index (κ3) is 1.24. The van der Waals surface area contributed by atoms with Gasteiger partial charge in [0.05, 0.1) is 6.19 Å². The molecule has 2 saturated heterocycles. The van der Waals surface area contributed by atoms with Gasteiger partial charge in [-0.15, -0.1) is 0 Å². The molecule has 2 aliphatic rings. The summed E-state index contributed by atoms with van der Waals surface area (Å²) in [5.74, 6) is 0.336. The Bertz CT molecular complexity index is 272. The molecule has 2 aliphatic heterocycles. The summed E-state index contributed by atoms with van der Waals surface area (Å²) < 4.78 is 0. The quantitative estimate of drug-likeness (QED) is 0.479. The van der Waals surface area contributed by atoms with Crippen LogP contribution in [0.15, 0.2) is 0 Å². The van der Waals surface area contributed by atoms with Crippen LogP contribution in [0.4, 0.5) is 0 Å². The summed E-state index contributed by atoms with van der Waals surface area (Å²) in [7, 11) is 1.61. The predicted molar refractivity (Wildman–Crippen MR) is 54.6 cm³/mol. The minimum absolute atomic E-state index is 0.106. The molecular weight excluding hydrogens is 177 g/mol. The molecule has 0 aromatic carbocycles. The molecule has 0 amide bonds. The number of carbonyl (C=O) groups is 2. The van der Waals surface area contributed by atoms with Crippen LogP contribution in [0.1, 0.15) is 39.5 Å². The first-order chi connectivity index (χ1) is 6.50. The number of hydrogen-bond acceptors (Lipinski definition) is 3. The van der Waals surface area contributed by atoms with Crippen molar-refractivity contribution in [3.05, 3.63) is 0 Å². The lowest BCUT2D eigenvalue weighted by molar-refractivity contribution is -0.126. The van der Waals surface area contributed by atoms with E-state index >= 15 is 0 Å². The molecule has 2 heterocycles. The van der Waals surface area contributed by atoms with E-state index in [2.05, 4.69) is 18.7 Å². The Balaban J connectivity index is 2.32. The van der Waals surface area contributed by atoms with Crippen LogP contribution in [-0.4, -0.2) is 35.3 Å². The second-order valence-electron chi connectivity index (χ2n) is 5.04. The molecule has 1 radical (unpaired) electrons. The van der Waals surface area contributed by atoms with E-state index in [0.29, 0.717) is 18.6 Å². The zero-order valence-corrected chi connectivity index (χ0v) is 8.75. The molecule has 4 heteroatoms. The second kappa shape index (κ2) is 2.93. The van der Waals surface area contributed by atoms with Gasteiger partial charge in [-0.1, -0.05) is 0 Å². The lowest BCUT2D eigenvalue weighted by Gasteiger charge is -2.47. The first-order valence-corrected chi connectivity index (χ1v) is 5.10. The predicted octanol–water partition coefficient (Wildman–Crippen LogP) is 0.772. The van der Waals surface area contributed by atoms with Gasteiger partial charge in [-0.2, -0.15) is 0 Å². The first kappa shape index (κ1) is 9.90. The van der Waals surface area contributed by atoms with Gasteiger partial charge in [-0.05, 0) is 26.7 Å². The highest BCUT2D eigenvalue weighted by Crippen LogP contribution is 2.48. The van der Waals surface area contributed by atoms with E-state index in [1.165, 1.54) is 0 Å². The molecule has 2 unspecified atom stereocenters. The summed E-state index contributed by atoms with van der Waals surface area (Å²) in [6, 6.07) is 0. The van der Waals surface area contributed by atoms with Crippen molar-refractivity contribution in [3.8, 4) is 0 Å². The van der Waals surface area contributed by atoms with Gasteiger partial charge in [-0.3, -0.25) is 4.79 Å². The van der Waals surface area contributed by atoms with E-state index in [4.69, 9.17) is 0 Å². The second-order valence-corrected chi connectivity index (χ2v) is 5.04. The molecule has 0 spiro atoms. The Hall–Kier alpha value is -0.635. The van der Waals surface area contributed by atoms with Crippen LogP contribution in [-0.2, 0) is 9.59 Å². The third-order valence-corrected chi connectivity index (χ3v) is 3.73. The van der Waals surface area contributed by atoms with E-state index < -0.39 is 0 Å². The Morgan fingerprint density at radius 1 is 1.29 bits per heavy atom. The molecular formula is C10H15BNO2. The van der Waals surface area contributed by atoms with Crippen molar-refractivity contribution >= 4 is 19.4 Å². The van der Waals surface area contributed by atoms with Crippen LogP contribution in [0.2, 0.25) is 0 Å². The molecule has 0 aromatic heterocycles. The number of hydrogen-bond donors (Lipinski definition) is 0. The Labute approximate surface area is 85.1 Å². The molecule has 2 atom stereocenters. The zero-order valence-electron chi connectivity index (χ0n) is 8.75. The SMILES string of the molecule is CC12CCC(C)(CC(=O)C1)N2[B]C=O. The number of ketones is 1. The van der Waals surface area contributed by atoms with Gasteiger partial charge in [0.2, 0.25) is 0 Å². The van der Waals surface area contributed by atoms with E-state index in [-0.39, 0.29) is 11.1 Å². The first-order valence-electron chi connectivity index (χ1n) is 5.10. The molecule has 3 nitrogen and oxygen atoms in total. The van der Waals surface area contributed by atoms with E-state index in [9.17, 15) is 9.59 Å². The fourth-order valence-corrected chi connectivity index (χ4v) is 3.11. The summed E-state index contributed by atoms with van der Waals surface area (Å²) >= 11 is 0. The Morgan fingerprint density at radius 3 is 2.21 bits per heavy atom. The summed E-state index contributed by atoms with van der Waals surface area (Å²) in [5.41, 5.74) is -0.212. The number of nitrogens with zero attached hydrogens (tertiary/aromatic N) is 1. The molecule has 2 bridgehead atoms. The number of piperidine rings is 1. The number of rotatable bonds is 2. The lowest BCUT2D eigenvalue weighted by Crippen LogP contribution is -2.58. The van der Waals surface area contributed by atoms with Crippen molar-refractivity contribution in [1.29, 1.82) is 0 Å². The monoisotopic (exact) mass is 192 g/mol. The fraction of sp³-hybridized carbons (Fsp3) is 0.800. The van der Waals surface area contributed by atoms with Crippen LogP contribution in [0.3, 0.4) is 0 Å².